The minimum Gasteiger partial charge on any atom is -0.463 e. The van der Waals surface area contributed by atoms with Gasteiger partial charge in [0.25, 0.3) is 5.69 Å². The van der Waals surface area contributed by atoms with Crippen LogP contribution in [0.15, 0.2) is 18.2 Å². The number of benzene rings is 1. The van der Waals surface area contributed by atoms with Gasteiger partial charge in [-0.3, -0.25) is 10.1 Å². The molecule has 0 bridgehead atoms. The van der Waals surface area contributed by atoms with Crippen LogP contribution in [0.25, 0.3) is 0 Å². The van der Waals surface area contributed by atoms with Crippen molar-refractivity contribution in [3.05, 3.63) is 38.9 Å². The van der Waals surface area contributed by atoms with E-state index in [1.807, 2.05) is 6.92 Å². The lowest BCUT2D eigenvalue weighted by molar-refractivity contribution is -0.384. The molecule has 0 saturated carbocycles. The van der Waals surface area contributed by atoms with Crippen LogP contribution in [0.4, 0.5) is 5.69 Å². The van der Waals surface area contributed by atoms with E-state index in [-0.39, 0.29) is 17.2 Å². The van der Waals surface area contributed by atoms with Crippen molar-refractivity contribution in [3.8, 4) is 0 Å². The van der Waals surface area contributed by atoms with Crippen LogP contribution < -0.4 is 0 Å². The van der Waals surface area contributed by atoms with Gasteiger partial charge in [-0.05, 0) is 25.5 Å². The van der Waals surface area contributed by atoms with Crippen molar-refractivity contribution in [3.63, 3.8) is 0 Å². The number of halogens is 1. The number of ether oxygens (including phenoxy) is 2. The highest BCUT2D eigenvalue weighted by Gasteiger charge is 2.22. The maximum atomic E-state index is 11.9. The molecule has 0 saturated heterocycles. The minimum absolute atomic E-state index is 0.0655. The van der Waals surface area contributed by atoms with Crippen LogP contribution in [-0.2, 0) is 14.3 Å². The monoisotopic (exact) mass is 329 g/mol. The number of carbonyl (C=O) groups is 2. The standard InChI is InChI=1S/C14H16ClNO6/c1-3-4-7-21-13(17)9(2)22-14(18)10-5-6-11(15)12(8-10)16(19)20/h5-6,8-9H,3-4,7H2,1-2H3. The average Bonchev–Trinajstić information content (AvgIpc) is 2.47. The zero-order valence-electron chi connectivity index (χ0n) is 12.2. The van der Waals surface area contributed by atoms with Gasteiger partial charge < -0.3 is 9.47 Å². The molecule has 0 spiro atoms. The largest absolute Gasteiger partial charge is 0.463 e. The summed E-state index contributed by atoms with van der Waals surface area (Å²) in [4.78, 5) is 33.5. The van der Waals surface area contributed by atoms with Crippen molar-refractivity contribution in [1.82, 2.24) is 0 Å². The number of carbonyl (C=O) groups excluding carboxylic acids is 2. The Morgan fingerprint density at radius 1 is 1.41 bits per heavy atom. The summed E-state index contributed by atoms with van der Waals surface area (Å²) in [5.41, 5.74) is -0.474. The van der Waals surface area contributed by atoms with E-state index in [1.165, 1.54) is 19.1 Å². The first-order chi connectivity index (χ1) is 10.4. The fraction of sp³-hybridized carbons (Fsp3) is 0.429. The van der Waals surface area contributed by atoms with Crippen molar-refractivity contribution < 1.29 is 24.0 Å². The molecule has 8 heteroatoms. The van der Waals surface area contributed by atoms with Crippen LogP contribution >= 0.6 is 11.6 Å². The Kier molecular flexibility index (Phi) is 6.78. The number of unbranched alkanes of at least 4 members (excludes halogenated alkanes) is 1. The smallest absolute Gasteiger partial charge is 0.347 e. The molecular formula is C14H16ClNO6. The molecule has 0 heterocycles. The number of hydrogen-bond acceptors (Lipinski definition) is 6. The zero-order valence-corrected chi connectivity index (χ0v) is 13.0. The van der Waals surface area contributed by atoms with Gasteiger partial charge in [0.1, 0.15) is 5.02 Å². The Morgan fingerprint density at radius 2 is 2.09 bits per heavy atom. The molecule has 1 aromatic rings. The third-order valence-electron chi connectivity index (χ3n) is 2.74. The van der Waals surface area contributed by atoms with Crippen LogP contribution in [0.5, 0.6) is 0 Å². The summed E-state index contributed by atoms with van der Waals surface area (Å²) in [6.07, 6.45) is 0.491. The van der Waals surface area contributed by atoms with Crippen molar-refractivity contribution in [2.45, 2.75) is 32.8 Å². The molecule has 0 aliphatic rings. The molecule has 0 aliphatic heterocycles. The second kappa shape index (κ2) is 8.33. The van der Waals surface area contributed by atoms with E-state index < -0.39 is 28.7 Å². The predicted octanol–water partition coefficient (Wildman–Crippen LogP) is 3.14. The summed E-state index contributed by atoms with van der Waals surface area (Å²) >= 11 is 5.66. The highest BCUT2D eigenvalue weighted by Crippen LogP contribution is 2.25. The second-order valence-electron chi connectivity index (χ2n) is 4.49. The zero-order chi connectivity index (χ0) is 16.7. The van der Waals surface area contributed by atoms with Gasteiger partial charge in [-0.2, -0.15) is 0 Å². The molecule has 0 fully saturated rings. The molecule has 1 atom stereocenters. The third-order valence-corrected chi connectivity index (χ3v) is 3.06. The molecule has 0 aromatic heterocycles. The molecular weight excluding hydrogens is 314 g/mol. The first-order valence-corrected chi connectivity index (χ1v) is 7.06. The Labute approximate surface area is 132 Å². The quantitative estimate of drug-likeness (QED) is 0.330. The van der Waals surface area contributed by atoms with Crippen LogP contribution in [0.1, 0.15) is 37.0 Å². The normalized spacial score (nSPS) is 11.6. The molecule has 0 N–H and O–H groups in total. The predicted molar refractivity (Wildman–Crippen MR) is 78.9 cm³/mol. The highest BCUT2D eigenvalue weighted by atomic mass is 35.5. The molecule has 22 heavy (non-hydrogen) atoms. The van der Waals surface area contributed by atoms with E-state index in [4.69, 9.17) is 21.1 Å². The molecule has 1 unspecified atom stereocenters. The highest BCUT2D eigenvalue weighted by molar-refractivity contribution is 6.32. The van der Waals surface area contributed by atoms with E-state index in [0.717, 1.165) is 18.9 Å². The van der Waals surface area contributed by atoms with Crippen LogP contribution in [0.2, 0.25) is 5.02 Å². The average molecular weight is 330 g/mol. The van der Waals surface area contributed by atoms with Gasteiger partial charge in [-0.25, -0.2) is 9.59 Å². The number of hydrogen-bond donors (Lipinski definition) is 0. The Balaban J connectivity index is 2.70. The summed E-state index contributed by atoms with van der Waals surface area (Å²) in [6, 6.07) is 3.51. The van der Waals surface area contributed by atoms with E-state index in [0.29, 0.717) is 0 Å². The maximum absolute atomic E-state index is 11.9. The second-order valence-corrected chi connectivity index (χ2v) is 4.90. The number of nitro groups is 1. The van der Waals surface area contributed by atoms with Crippen LogP contribution in [0, 0.1) is 10.1 Å². The third kappa shape index (κ3) is 5.00. The van der Waals surface area contributed by atoms with Gasteiger partial charge in [-0.1, -0.05) is 24.9 Å². The minimum atomic E-state index is -1.10. The molecule has 0 aliphatic carbocycles. The van der Waals surface area contributed by atoms with Gasteiger partial charge in [0, 0.05) is 6.07 Å². The summed E-state index contributed by atoms with van der Waals surface area (Å²) in [5, 5.41) is 10.7. The maximum Gasteiger partial charge on any atom is 0.347 e. The molecule has 0 radical (unpaired) electrons. The summed E-state index contributed by atoms with van der Waals surface area (Å²) in [5.74, 6) is -1.52. The van der Waals surface area contributed by atoms with Crippen molar-refractivity contribution in [2.24, 2.45) is 0 Å². The SMILES string of the molecule is CCCCOC(=O)C(C)OC(=O)c1ccc(Cl)c([N+](=O)[O-])c1. The lowest BCUT2D eigenvalue weighted by Crippen LogP contribution is -2.26. The van der Waals surface area contributed by atoms with Gasteiger partial charge >= 0.3 is 11.9 Å². The topological polar surface area (TPSA) is 95.7 Å². The molecule has 1 aromatic carbocycles. The molecule has 1 rings (SSSR count). The summed E-state index contributed by atoms with van der Waals surface area (Å²) in [6.45, 7) is 3.57. The summed E-state index contributed by atoms with van der Waals surface area (Å²) < 4.78 is 9.84. The number of rotatable bonds is 7. The van der Waals surface area contributed by atoms with Gasteiger partial charge in [0.2, 0.25) is 0 Å². The Morgan fingerprint density at radius 3 is 2.68 bits per heavy atom. The van der Waals surface area contributed by atoms with Gasteiger partial charge in [0.05, 0.1) is 17.1 Å². The number of nitrogens with zero attached hydrogens (tertiary/aromatic N) is 1. The first kappa shape index (κ1) is 17.9. The summed E-state index contributed by atoms with van der Waals surface area (Å²) in [7, 11) is 0. The molecule has 120 valence electrons. The van der Waals surface area contributed by atoms with Crippen molar-refractivity contribution in [2.75, 3.05) is 6.61 Å². The van der Waals surface area contributed by atoms with Crippen molar-refractivity contribution >= 4 is 29.2 Å². The van der Waals surface area contributed by atoms with Crippen molar-refractivity contribution in [1.29, 1.82) is 0 Å². The fourth-order valence-electron chi connectivity index (χ4n) is 1.49. The number of nitro benzene ring substituents is 1. The Bertz CT molecular complexity index is 574. The van der Waals surface area contributed by atoms with E-state index in [1.54, 1.807) is 0 Å². The van der Waals surface area contributed by atoms with E-state index >= 15 is 0 Å². The first-order valence-electron chi connectivity index (χ1n) is 6.68. The van der Waals surface area contributed by atoms with E-state index in [9.17, 15) is 19.7 Å². The molecule has 7 nitrogen and oxygen atoms in total. The van der Waals surface area contributed by atoms with Crippen LogP contribution in [0.3, 0.4) is 0 Å². The van der Waals surface area contributed by atoms with Gasteiger partial charge in [-0.15, -0.1) is 0 Å². The van der Waals surface area contributed by atoms with Crippen LogP contribution in [-0.4, -0.2) is 29.6 Å². The molecule has 0 amide bonds. The number of esters is 2. The van der Waals surface area contributed by atoms with E-state index in [2.05, 4.69) is 0 Å². The fourth-order valence-corrected chi connectivity index (χ4v) is 1.68. The van der Waals surface area contributed by atoms with Gasteiger partial charge in [0.15, 0.2) is 6.10 Å². The lowest BCUT2D eigenvalue weighted by atomic mass is 10.2. The Hall–Kier alpha value is -2.15. The lowest BCUT2D eigenvalue weighted by Gasteiger charge is -2.12.